The van der Waals surface area contributed by atoms with Crippen LogP contribution in [0.25, 0.3) is 0 Å². The summed E-state index contributed by atoms with van der Waals surface area (Å²) >= 11 is 1.61. The van der Waals surface area contributed by atoms with E-state index in [0.29, 0.717) is 18.2 Å². The first kappa shape index (κ1) is 20.3. The predicted molar refractivity (Wildman–Crippen MR) is 119 cm³/mol. The van der Waals surface area contributed by atoms with Crippen LogP contribution in [0.5, 0.6) is 0 Å². The van der Waals surface area contributed by atoms with E-state index in [0.717, 1.165) is 66.8 Å². The molecule has 0 unspecified atom stereocenters. The van der Waals surface area contributed by atoms with Crippen molar-refractivity contribution >= 4 is 28.0 Å². The average Bonchev–Trinajstić information content (AvgIpc) is 3.07. The van der Waals surface area contributed by atoms with Crippen molar-refractivity contribution in [3.05, 3.63) is 51.4 Å². The fourth-order valence-electron chi connectivity index (χ4n) is 4.49. The summed E-state index contributed by atoms with van der Waals surface area (Å²) in [5.41, 5.74) is 3.72. The zero-order chi connectivity index (χ0) is 20.4. The molecule has 2 aromatic rings. The van der Waals surface area contributed by atoms with Gasteiger partial charge in [0.15, 0.2) is 5.78 Å². The van der Waals surface area contributed by atoms with Gasteiger partial charge in [0.1, 0.15) is 5.00 Å². The Bertz CT molecular complexity index is 900. The van der Waals surface area contributed by atoms with E-state index < -0.39 is 0 Å². The minimum absolute atomic E-state index is 0.00435. The first-order valence-electron chi connectivity index (χ1n) is 10.8. The van der Waals surface area contributed by atoms with Crippen LogP contribution in [0.2, 0.25) is 0 Å². The van der Waals surface area contributed by atoms with Gasteiger partial charge in [0, 0.05) is 16.5 Å². The van der Waals surface area contributed by atoms with E-state index in [9.17, 15) is 9.59 Å². The smallest absolute Gasteiger partial charge is 0.239 e. The van der Waals surface area contributed by atoms with Crippen LogP contribution in [0.1, 0.15) is 71.0 Å². The summed E-state index contributed by atoms with van der Waals surface area (Å²) in [5, 5.41) is 3.86. The second-order valence-electron chi connectivity index (χ2n) is 8.47. The van der Waals surface area contributed by atoms with Crippen molar-refractivity contribution in [2.75, 3.05) is 18.4 Å². The molecule has 0 radical (unpaired) electrons. The number of rotatable bonds is 5. The van der Waals surface area contributed by atoms with Gasteiger partial charge >= 0.3 is 0 Å². The summed E-state index contributed by atoms with van der Waals surface area (Å²) in [4.78, 5) is 29.7. The molecule has 2 aliphatic rings. The van der Waals surface area contributed by atoms with Crippen LogP contribution < -0.4 is 5.32 Å². The third-order valence-electron chi connectivity index (χ3n) is 6.25. The highest BCUT2D eigenvalue weighted by atomic mass is 32.1. The molecule has 1 fully saturated rings. The highest BCUT2D eigenvalue weighted by Crippen LogP contribution is 2.39. The van der Waals surface area contributed by atoms with Crippen LogP contribution >= 0.6 is 11.3 Å². The van der Waals surface area contributed by atoms with E-state index in [-0.39, 0.29) is 11.7 Å². The van der Waals surface area contributed by atoms with Crippen LogP contribution in [0.4, 0.5) is 5.00 Å². The van der Waals surface area contributed by atoms with E-state index >= 15 is 0 Å². The second kappa shape index (κ2) is 8.80. The molecule has 1 amide bonds. The number of hydrogen-bond acceptors (Lipinski definition) is 4. The Morgan fingerprint density at radius 2 is 1.86 bits per heavy atom. The Kier molecular flexibility index (Phi) is 6.16. The molecule has 1 N–H and O–H groups in total. The lowest BCUT2D eigenvalue weighted by molar-refractivity contribution is -0.118. The lowest BCUT2D eigenvalue weighted by atomic mass is 9.91. The van der Waals surface area contributed by atoms with Crippen molar-refractivity contribution in [1.29, 1.82) is 0 Å². The second-order valence-corrected chi connectivity index (χ2v) is 9.58. The maximum Gasteiger partial charge on any atom is 0.239 e. The standard InChI is InChI=1S/C24H30N2O2S/c1-16-10-12-18(13-11-16)23(28)22-19-8-3-4-9-20(19)29-24(22)25-21(27)15-26-14-6-5-7-17(26)2/h10-13,17H,3-9,14-15H2,1-2H3,(H,25,27)/t17-/m1/s1. The molecule has 1 aromatic carbocycles. The maximum absolute atomic E-state index is 13.4. The zero-order valence-corrected chi connectivity index (χ0v) is 18.2. The third kappa shape index (κ3) is 4.46. The van der Waals surface area contributed by atoms with Gasteiger partial charge in [-0.25, -0.2) is 0 Å². The minimum Gasteiger partial charge on any atom is -0.316 e. The van der Waals surface area contributed by atoms with Crippen molar-refractivity contribution in [2.45, 2.75) is 64.8 Å². The molecule has 1 saturated heterocycles. The average molecular weight is 411 g/mol. The van der Waals surface area contributed by atoms with Crippen LogP contribution in [0.15, 0.2) is 24.3 Å². The van der Waals surface area contributed by atoms with E-state index in [1.54, 1.807) is 11.3 Å². The summed E-state index contributed by atoms with van der Waals surface area (Å²) in [6, 6.07) is 8.18. The molecular weight excluding hydrogens is 380 g/mol. The Balaban J connectivity index is 1.59. The molecule has 154 valence electrons. The molecule has 1 aromatic heterocycles. The lowest BCUT2D eigenvalue weighted by Gasteiger charge is -2.32. The lowest BCUT2D eigenvalue weighted by Crippen LogP contribution is -2.42. The number of piperidine rings is 1. The van der Waals surface area contributed by atoms with Gasteiger partial charge in [-0.15, -0.1) is 11.3 Å². The largest absolute Gasteiger partial charge is 0.316 e. The minimum atomic E-state index is -0.00435. The number of aryl methyl sites for hydroxylation is 2. The summed E-state index contributed by atoms with van der Waals surface area (Å²) in [5.74, 6) is 0.0290. The zero-order valence-electron chi connectivity index (χ0n) is 17.4. The Morgan fingerprint density at radius 1 is 1.10 bits per heavy atom. The number of nitrogens with one attached hydrogen (secondary N) is 1. The van der Waals surface area contributed by atoms with Crippen LogP contribution in [-0.4, -0.2) is 35.7 Å². The van der Waals surface area contributed by atoms with Crippen LogP contribution in [-0.2, 0) is 17.6 Å². The van der Waals surface area contributed by atoms with Gasteiger partial charge in [-0.05, 0) is 64.5 Å². The topological polar surface area (TPSA) is 49.4 Å². The molecule has 0 spiro atoms. The quantitative estimate of drug-likeness (QED) is 0.707. The van der Waals surface area contributed by atoms with Crippen molar-refractivity contribution in [2.24, 2.45) is 0 Å². The van der Waals surface area contributed by atoms with Crippen LogP contribution in [0.3, 0.4) is 0 Å². The van der Waals surface area contributed by atoms with Crippen molar-refractivity contribution < 1.29 is 9.59 Å². The van der Waals surface area contributed by atoms with E-state index in [1.165, 1.54) is 11.3 Å². The first-order valence-corrected chi connectivity index (χ1v) is 11.6. The van der Waals surface area contributed by atoms with E-state index in [2.05, 4.69) is 17.1 Å². The van der Waals surface area contributed by atoms with Gasteiger partial charge in [0.05, 0.1) is 12.1 Å². The van der Waals surface area contributed by atoms with Gasteiger partial charge in [-0.3, -0.25) is 14.5 Å². The monoisotopic (exact) mass is 410 g/mol. The predicted octanol–water partition coefficient (Wildman–Crippen LogP) is 4.98. The summed E-state index contributed by atoms with van der Waals surface area (Å²) in [6.07, 6.45) is 7.75. The molecule has 1 aliphatic carbocycles. The normalized spacial score (nSPS) is 19.6. The fourth-order valence-corrected chi connectivity index (χ4v) is 5.79. The maximum atomic E-state index is 13.4. The Morgan fingerprint density at radius 3 is 2.62 bits per heavy atom. The number of amides is 1. The molecule has 4 nitrogen and oxygen atoms in total. The van der Waals surface area contributed by atoms with Gasteiger partial charge < -0.3 is 5.32 Å². The number of benzene rings is 1. The van der Waals surface area contributed by atoms with Crippen molar-refractivity contribution in [3.63, 3.8) is 0 Å². The Hall–Kier alpha value is -1.98. The number of hydrogen-bond donors (Lipinski definition) is 1. The molecule has 4 rings (SSSR count). The summed E-state index contributed by atoms with van der Waals surface area (Å²) in [6.45, 7) is 5.60. The van der Waals surface area contributed by atoms with Gasteiger partial charge in [-0.1, -0.05) is 36.2 Å². The number of thiophene rings is 1. The molecular formula is C24H30N2O2S. The SMILES string of the molecule is Cc1ccc(C(=O)c2c(NC(=O)CN3CCCC[C@H]3C)sc3c2CCCC3)cc1. The molecule has 0 bridgehead atoms. The number of anilines is 1. The van der Waals surface area contributed by atoms with E-state index in [4.69, 9.17) is 0 Å². The molecule has 1 aliphatic heterocycles. The first-order chi connectivity index (χ1) is 14.0. The van der Waals surface area contributed by atoms with Crippen molar-refractivity contribution in [3.8, 4) is 0 Å². The number of nitrogens with zero attached hydrogens (tertiary/aromatic N) is 1. The molecule has 5 heteroatoms. The number of carbonyl (C=O) groups is 2. The third-order valence-corrected chi connectivity index (χ3v) is 7.46. The van der Waals surface area contributed by atoms with Gasteiger partial charge in [0.25, 0.3) is 0 Å². The number of ketones is 1. The van der Waals surface area contributed by atoms with Crippen LogP contribution in [0, 0.1) is 6.92 Å². The number of likely N-dealkylation sites (tertiary alicyclic amines) is 1. The number of carbonyl (C=O) groups excluding carboxylic acids is 2. The molecule has 2 heterocycles. The molecule has 1 atom stereocenters. The number of fused-ring (bicyclic) bond motifs is 1. The molecule has 0 saturated carbocycles. The summed E-state index contributed by atoms with van der Waals surface area (Å²) < 4.78 is 0. The molecule has 29 heavy (non-hydrogen) atoms. The summed E-state index contributed by atoms with van der Waals surface area (Å²) in [7, 11) is 0. The van der Waals surface area contributed by atoms with Gasteiger partial charge in [-0.2, -0.15) is 0 Å². The van der Waals surface area contributed by atoms with Gasteiger partial charge in [0.2, 0.25) is 5.91 Å². The highest BCUT2D eigenvalue weighted by Gasteiger charge is 2.28. The highest BCUT2D eigenvalue weighted by molar-refractivity contribution is 7.17. The fraction of sp³-hybridized carbons (Fsp3) is 0.500. The van der Waals surface area contributed by atoms with Crippen molar-refractivity contribution in [1.82, 2.24) is 4.90 Å². The van der Waals surface area contributed by atoms with E-state index in [1.807, 2.05) is 31.2 Å². The Labute approximate surface area is 177 Å².